The van der Waals surface area contributed by atoms with Gasteiger partial charge in [-0.25, -0.2) is 0 Å². The zero-order valence-corrected chi connectivity index (χ0v) is 12.9. The van der Waals surface area contributed by atoms with E-state index >= 15 is 0 Å². The van der Waals surface area contributed by atoms with E-state index in [1.165, 1.54) is 0 Å². The molecule has 1 rings (SSSR count). The van der Waals surface area contributed by atoms with Gasteiger partial charge in [0.05, 0.1) is 6.07 Å². The fraction of sp³-hybridized carbons (Fsp3) is 0.588. The van der Waals surface area contributed by atoms with Gasteiger partial charge in [0.25, 0.3) is 0 Å². The molecule has 104 valence electrons. The Kier molecular flexibility index (Phi) is 5.42. The molecule has 0 N–H and O–H groups in total. The number of anilines is 1. The van der Waals surface area contributed by atoms with Crippen molar-refractivity contribution < 1.29 is 0 Å². The van der Waals surface area contributed by atoms with E-state index in [1.807, 2.05) is 25.2 Å². The molecule has 0 aliphatic rings. The van der Waals surface area contributed by atoms with Crippen molar-refractivity contribution in [1.82, 2.24) is 0 Å². The highest BCUT2D eigenvalue weighted by Crippen LogP contribution is 2.28. The van der Waals surface area contributed by atoms with Crippen LogP contribution in [0.1, 0.15) is 40.5 Å². The second kappa shape index (κ2) is 6.61. The Labute approximate surface area is 118 Å². The largest absolute Gasteiger partial charge is 0.359 e. The van der Waals surface area contributed by atoms with Crippen LogP contribution in [0.2, 0.25) is 0 Å². The summed E-state index contributed by atoms with van der Waals surface area (Å²) in [6, 6.07) is 12.5. The second-order valence-corrected chi connectivity index (χ2v) is 6.70. The first-order chi connectivity index (χ1) is 8.83. The normalized spacial score (nSPS) is 14.5. The smallest absolute Gasteiger partial charge is 0.116 e. The summed E-state index contributed by atoms with van der Waals surface area (Å²) in [5.41, 5.74) is 1.43. The van der Waals surface area contributed by atoms with Gasteiger partial charge in [0, 0.05) is 12.7 Å². The highest BCUT2D eigenvalue weighted by molar-refractivity contribution is 5.47. The molecular weight excluding hydrogens is 232 g/mol. The average molecular weight is 258 g/mol. The zero-order valence-electron chi connectivity index (χ0n) is 12.9. The predicted octanol–water partition coefficient (Wildman–Crippen LogP) is 4.48. The monoisotopic (exact) mass is 258 g/mol. The molecule has 0 saturated heterocycles. The van der Waals surface area contributed by atoms with Gasteiger partial charge < -0.3 is 4.90 Å². The molecule has 0 saturated carbocycles. The zero-order chi connectivity index (χ0) is 14.5. The number of para-hydroxylation sites is 1. The molecule has 0 fully saturated rings. The summed E-state index contributed by atoms with van der Waals surface area (Å²) in [6.07, 6.45) is 2.06. The summed E-state index contributed by atoms with van der Waals surface area (Å²) < 4.78 is 0. The van der Waals surface area contributed by atoms with Crippen LogP contribution in [0, 0.1) is 22.7 Å². The Morgan fingerprint density at radius 1 is 1.21 bits per heavy atom. The maximum Gasteiger partial charge on any atom is 0.116 e. The van der Waals surface area contributed by atoms with Crippen molar-refractivity contribution in [1.29, 1.82) is 5.26 Å². The standard InChI is InChI=1S/C17H26N2/c1-14(12-17(2,3)4)11-16(13-18)19(5)15-9-7-6-8-10-15/h6-10,14,16H,11-12H2,1-5H3/t14-,16-/m0/s1. The summed E-state index contributed by atoms with van der Waals surface area (Å²) in [7, 11) is 2.01. The summed E-state index contributed by atoms with van der Waals surface area (Å²) in [5, 5.41) is 9.41. The van der Waals surface area contributed by atoms with Crippen LogP contribution < -0.4 is 4.90 Å². The predicted molar refractivity (Wildman–Crippen MR) is 82.1 cm³/mol. The molecule has 2 atom stereocenters. The number of hydrogen-bond acceptors (Lipinski definition) is 2. The van der Waals surface area contributed by atoms with Crippen molar-refractivity contribution in [3.05, 3.63) is 30.3 Å². The fourth-order valence-corrected chi connectivity index (χ4v) is 2.65. The molecule has 2 nitrogen and oxygen atoms in total. The van der Waals surface area contributed by atoms with Crippen molar-refractivity contribution in [2.45, 2.75) is 46.6 Å². The van der Waals surface area contributed by atoms with Crippen LogP contribution in [0.15, 0.2) is 30.3 Å². The van der Waals surface area contributed by atoms with E-state index in [9.17, 15) is 5.26 Å². The van der Waals surface area contributed by atoms with Crippen LogP contribution in [0.4, 0.5) is 5.69 Å². The third kappa shape index (κ3) is 5.34. The Balaban J connectivity index is 2.67. The summed E-state index contributed by atoms with van der Waals surface area (Å²) in [5.74, 6) is 0.552. The Hall–Kier alpha value is -1.49. The first-order valence-electron chi connectivity index (χ1n) is 7.01. The number of rotatable bonds is 5. The summed E-state index contributed by atoms with van der Waals surface area (Å²) >= 11 is 0. The van der Waals surface area contributed by atoms with E-state index in [4.69, 9.17) is 0 Å². The molecule has 0 heterocycles. The first-order valence-corrected chi connectivity index (χ1v) is 7.01. The molecule has 0 aliphatic carbocycles. The van der Waals surface area contributed by atoms with E-state index in [2.05, 4.69) is 50.8 Å². The number of nitrogens with zero attached hydrogens (tertiary/aromatic N) is 2. The van der Waals surface area contributed by atoms with Crippen molar-refractivity contribution >= 4 is 5.69 Å². The van der Waals surface area contributed by atoms with Crippen molar-refractivity contribution in [2.75, 3.05) is 11.9 Å². The molecule has 19 heavy (non-hydrogen) atoms. The van der Waals surface area contributed by atoms with E-state index < -0.39 is 0 Å². The Morgan fingerprint density at radius 2 is 1.79 bits per heavy atom. The van der Waals surface area contributed by atoms with Gasteiger partial charge in [-0.15, -0.1) is 0 Å². The van der Waals surface area contributed by atoms with Gasteiger partial charge in [-0.1, -0.05) is 45.9 Å². The summed E-state index contributed by atoms with van der Waals surface area (Å²) in [6.45, 7) is 9.01. The molecule has 0 bridgehead atoms. The Bertz CT molecular complexity index is 411. The lowest BCUT2D eigenvalue weighted by Crippen LogP contribution is -2.32. The van der Waals surface area contributed by atoms with Crippen LogP contribution in [-0.4, -0.2) is 13.1 Å². The topological polar surface area (TPSA) is 27.0 Å². The molecule has 2 heteroatoms. The van der Waals surface area contributed by atoms with Gasteiger partial charge >= 0.3 is 0 Å². The quantitative estimate of drug-likeness (QED) is 0.778. The maximum absolute atomic E-state index is 9.41. The van der Waals surface area contributed by atoms with E-state index in [0.717, 1.165) is 18.5 Å². The van der Waals surface area contributed by atoms with Gasteiger partial charge in [0.1, 0.15) is 6.04 Å². The van der Waals surface area contributed by atoms with Crippen LogP contribution in [0.3, 0.4) is 0 Å². The highest BCUT2D eigenvalue weighted by atomic mass is 15.1. The van der Waals surface area contributed by atoms with Gasteiger partial charge in [-0.2, -0.15) is 5.26 Å². The van der Waals surface area contributed by atoms with Gasteiger partial charge in [-0.3, -0.25) is 0 Å². The van der Waals surface area contributed by atoms with E-state index in [0.29, 0.717) is 11.3 Å². The summed E-state index contributed by atoms with van der Waals surface area (Å²) in [4.78, 5) is 2.08. The fourth-order valence-electron chi connectivity index (χ4n) is 2.65. The van der Waals surface area contributed by atoms with Gasteiger partial charge in [-0.05, 0) is 36.3 Å². The lowest BCUT2D eigenvalue weighted by molar-refractivity contribution is 0.292. The van der Waals surface area contributed by atoms with Crippen LogP contribution in [0.25, 0.3) is 0 Å². The highest BCUT2D eigenvalue weighted by Gasteiger charge is 2.21. The van der Waals surface area contributed by atoms with Crippen LogP contribution in [0.5, 0.6) is 0 Å². The lowest BCUT2D eigenvalue weighted by atomic mass is 9.83. The van der Waals surface area contributed by atoms with Crippen molar-refractivity contribution in [3.63, 3.8) is 0 Å². The minimum Gasteiger partial charge on any atom is -0.359 e. The van der Waals surface area contributed by atoms with Gasteiger partial charge in [0.15, 0.2) is 0 Å². The molecule has 0 radical (unpaired) electrons. The Morgan fingerprint density at radius 3 is 2.26 bits per heavy atom. The van der Waals surface area contributed by atoms with E-state index in [1.54, 1.807) is 0 Å². The third-order valence-electron chi connectivity index (χ3n) is 3.37. The second-order valence-electron chi connectivity index (χ2n) is 6.70. The SMILES string of the molecule is C[C@@H](C[C@@H](C#N)N(C)c1ccccc1)CC(C)(C)C. The molecule has 0 spiro atoms. The van der Waals surface area contributed by atoms with Gasteiger partial charge in [0.2, 0.25) is 0 Å². The van der Waals surface area contributed by atoms with Crippen molar-refractivity contribution in [3.8, 4) is 6.07 Å². The van der Waals surface area contributed by atoms with E-state index in [-0.39, 0.29) is 6.04 Å². The van der Waals surface area contributed by atoms with Crippen LogP contribution in [-0.2, 0) is 0 Å². The lowest BCUT2D eigenvalue weighted by Gasteiger charge is -2.29. The minimum absolute atomic E-state index is 0.0558. The van der Waals surface area contributed by atoms with Crippen LogP contribution >= 0.6 is 0 Å². The number of hydrogen-bond donors (Lipinski definition) is 0. The minimum atomic E-state index is -0.0558. The van der Waals surface area contributed by atoms with Crippen molar-refractivity contribution in [2.24, 2.45) is 11.3 Å². The number of benzene rings is 1. The molecule has 0 unspecified atom stereocenters. The third-order valence-corrected chi connectivity index (χ3v) is 3.37. The molecular formula is C17H26N2. The maximum atomic E-state index is 9.41. The average Bonchev–Trinajstić information content (AvgIpc) is 2.34. The molecule has 0 aliphatic heterocycles. The molecule has 0 amide bonds. The first kappa shape index (κ1) is 15.6. The molecule has 1 aromatic rings. The number of nitriles is 1. The molecule has 1 aromatic carbocycles. The molecule has 0 aromatic heterocycles.